The molecule has 0 spiro atoms. The lowest BCUT2D eigenvalue weighted by Gasteiger charge is -2.19. The van der Waals surface area contributed by atoms with Gasteiger partial charge in [-0.2, -0.15) is 0 Å². The van der Waals surface area contributed by atoms with E-state index < -0.39 is 0 Å². The van der Waals surface area contributed by atoms with Gasteiger partial charge in [0, 0.05) is 18.3 Å². The van der Waals surface area contributed by atoms with Crippen LogP contribution in [0.3, 0.4) is 0 Å². The van der Waals surface area contributed by atoms with Crippen molar-refractivity contribution in [1.82, 2.24) is 30.5 Å². The number of aromatic amines is 1. The Labute approximate surface area is 111 Å². The van der Waals surface area contributed by atoms with Crippen molar-refractivity contribution >= 4 is 12.4 Å². The third-order valence-electron chi connectivity index (χ3n) is 2.99. The fourth-order valence-corrected chi connectivity index (χ4v) is 2.07. The Hall–Kier alpha value is -1.53. The summed E-state index contributed by atoms with van der Waals surface area (Å²) in [6.45, 7) is 2.09. The highest BCUT2D eigenvalue weighted by Gasteiger charge is 2.19. The van der Waals surface area contributed by atoms with E-state index in [4.69, 9.17) is 0 Å². The van der Waals surface area contributed by atoms with E-state index in [0.29, 0.717) is 17.6 Å². The molecule has 1 fully saturated rings. The average molecular weight is 267 g/mol. The Morgan fingerprint density at radius 2 is 1.78 bits per heavy atom. The second-order valence-electron chi connectivity index (χ2n) is 4.14. The predicted molar refractivity (Wildman–Crippen MR) is 69.5 cm³/mol. The average Bonchev–Trinajstić information content (AvgIpc) is 2.90. The van der Waals surface area contributed by atoms with Crippen molar-refractivity contribution in [2.75, 3.05) is 13.1 Å². The van der Waals surface area contributed by atoms with E-state index in [0.717, 1.165) is 31.8 Å². The van der Waals surface area contributed by atoms with Crippen LogP contribution >= 0.6 is 12.4 Å². The molecule has 18 heavy (non-hydrogen) atoms. The summed E-state index contributed by atoms with van der Waals surface area (Å²) in [4.78, 5) is 12.8. The van der Waals surface area contributed by atoms with Gasteiger partial charge in [-0.25, -0.2) is 15.0 Å². The minimum Gasteiger partial charge on any atom is -0.317 e. The number of hydrogen-bond acceptors (Lipinski definition) is 5. The molecule has 6 nitrogen and oxygen atoms in total. The van der Waals surface area contributed by atoms with Crippen molar-refractivity contribution in [3.8, 4) is 11.6 Å². The lowest BCUT2D eigenvalue weighted by Crippen LogP contribution is -2.27. The number of H-pyrrole nitrogens is 1. The molecule has 0 unspecified atom stereocenters. The number of hydrogen-bond donors (Lipinski definition) is 2. The molecule has 96 valence electrons. The standard InChI is InChI=1S/C11H14N6.ClH/c1-4-13-10(14-5-1)11-15-9(16-17-11)8-2-6-12-7-3-8;/h1,4-5,8,12H,2-3,6-7H2,(H,15,16,17);1H. The van der Waals surface area contributed by atoms with Crippen molar-refractivity contribution in [3.63, 3.8) is 0 Å². The second kappa shape index (κ2) is 5.88. The van der Waals surface area contributed by atoms with Crippen LogP contribution in [0.15, 0.2) is 18.5 Å². The summed E-state index contributed by atoms with van der Waals surface area (Å²) < 4.78 is 0. The number of halogens is 1. The zero-order valence-corrected chi connectivity index (χ0v) is 10.7. The van der Waals surface area contributed by atoms with Gasteiger partial charge in [-0.05, 0) is 32.0 Å². The van der Waals surface area contributed by atoms with Gasteiger partial charge in [0.1, 0.15) is 5.82 Å². The van der Waals surface area contributed by atoms with Crippen LogP contribution < -0.4 is 5.32 Å². The van der Waals surface area contributed by atoms with Crippen LogP contribution in [0.5, 0.6) is 0 Å². The van der Waals surface area contributed by atoms with E-state index in [1.165, 1.54) is 0 Å². The van der Waals surface area contributed by atoms with E-state index in [-0.39, 0.29) is 12.4 Å². The van der Waals surface area contributed by atoms with E-state index in [2.05, 4.69) is 30.5 Å². The minimum absolute atomic E-state index is 0. The quantitative estimate of drug-likeness (QED) is 0.852. The molecule has 0 saturated carbocycles. The normalized spacial score (nSPS) is 16.2. The smallest absolute Gasteiger partial charge is 0.218 e. The third-order valence-corrected chi connectivity index (χ3v) is 2.99. The van der Waals surface area contributed by atoms with E-state index in [1.54, 1.807) is 18.5 Å². The van der Waals surface area contributed by atoms with Crippen LogP contribution in [-0.4, -0.2) is 38.2 Å². The fourth-order valence-electron chi connectivity index (χ4n) is 2.07. The molecular formula is C11H15ClN6. The third kappa shape index (κ3) is 2.65. The molecule has 3 rings (SSSR count). The van der Waals surface area contributed by atoms with Crippen molar-refractivity contribution in [3.05, 3.63) is 24.3 Å². The molecule has 0 bridgehead atoms. The summed E-state index contributed by atoms with van der Waals surface area (Å²) in [6, 6.07) is 1.78. The van der Waals surface area contributed by atoms with Gasteiger partial charge in [0.2, 0.25) is 5.82 Å². The first-order valence-corrected chi connectivity index (χ1v) is 5.84. The maximum absolute atomic E-state index is 4.48. The molecule has 0 atom stereocenters. The molecule has 3 heterocycles. The topological polar surface area (TPSA) is 79.4 Å². The van der Waals surface area contributed by atoms with Gasteiger partial charge < -0.3 is 5.32 Å². The molecule has 0 aromatic carbocycles. The number of rotatable bonds is 2. The Kier molecular flexibility index (Phi) is 4.22. The maximum Gasteiger partial charge on any atom is 0.218 e. The Morgan fingerprint density at radius 3 is 2.50 bits per heavy atom. The summed E-state index contributed by atoms with van der Waals surface area (Å²) in [5.74, 6) is 2.58. The van der Waals surface area contributed by atoms with Crippen molar-refractivity contribution in [2.24, 2.45) is 0 Å². The Morgan fingerprint density at radius 1 is 1.06 bits per heavy atom. The van der Waals surface area contributed by atoms with Gasteiger partial charge >= 0.3 is 0 Å². The highest BCUT2D eigenvalue weighted by Crippen LogP contribution is 2.22. The van der Waals surface area contributed by atoms with Crippen LogP contribution in [0.1, 0.15) is 24.6 Å². The lowest BCUT2D eigenvalue weighted by molar-refractivity contribution is 0.446. The van der Waals surface area contributed by atoms with E-state index in [9.17, 15) is 0 Å². The zero-order valence-electron chi connectivity index (χ0n) is 9.83. The highest BCUT2D eigenvalue weighted by atomic mass is 35.5. The zero-order chi connectivity index (χ0) is 11.5. The second-order valence-corrected chi connectivity index (χ2v) is 4.14. The number of nitrogens with zero attached hydrogens (tertiary/aromatic N) is 4. The molecule has 0 radical (unpaired) electrons. The molecule has 2 aromatic heterocycles. The molecular weight excluding hydrogens is 252 g/mol. The summed E-state index contributed by atoms with van der Waals surface area (Å²) >= 11 is 0. The lowest BCUT2D eigenvalue weighted by atomic mass is 9.98. The van der Waals surface area contributed by atoms with Crippen LogP contribution in [0, 0.1) is 0 Å². The molecule has 0 aliphatic carbocycles. The van der Waals surface area contributed by atoms with Crippen LogP contribution in [-0.2, 0) is 0 Å². The predicted octanol–water partition coefficient (Wildman–Crippen LogP) is 1.15. The first-order valence-electron chi connectivity index (χ1n) is 5.84. The van der Waals surface area contributed by atoms with Crippen LogP contribution in [0.4, 0.5) is 0 Å². The molecule has 1 saturated heterocycles. The van der Waals surface area contributed by atoms with E-state index >= 15 is 0 Å². The molecule has 2 N–H and O–H groups in total. The summed E-state index contributed by atoms with van der Waals surface area (Å²) in [5, 5.41) is 10.5. The van der Waals surface area contributed by atoms with Gasteiger partial charge in [0.15, 0.2) is 5.82 Å². The molecule has 1 aliphatic rings. The fraction of sp³-hybridized carbons (Fsp3) is 0.455. The first kappa shape index (κ1) is 12.9. The maximum atomic E-state index is 4.48. The van der Waals surface area contributed by atoms with Crippen molar-refractivity contribution < 1.29 is 0 Å². The Balaban J connectivity index is 0.00000120. The van der Waals surface area contributed by atoms with Gasteiger partial charge in [0.25, 0.3) is 0 Å². The van der Waals surface area contributed by atoms with Gasteiger partial charge in [-0.1, -0.05) is 0 Å². The van der Waals surface area contributed by atoms with Crippen LogP contribution in [0.25, 0.3) is 11.6 Å². The first-order chi connectivity index (χ1) is 8.43. The molecule has 0 amide bonds. The van der Waals surface area contributed by atoms with Crippen molar-refractivity contribution in [2.45, 2.75) is 18.8 Å². The molecule has 2 aromatic rings. The number of aromatic nitrogens is 5. The summed E-state index contributed by atoms with van der Waals surface area (Å²) in [6.07, 6.45) is 5.60. The van der Waals surface area contributed by atoms with Gasteiger partial charge in [0.05, 0.1) is 0 Å². The number of piperidine rings is 1. The largest absolute Gasteiger partial charge is 0.317 e. The van der Waals surface area contributed by atoms with E-state index in [1.807, 2.05) is 0 Å². The highest BCUT2D eigenvalue weighted by molar-refractivity contribution is 5.85. The van der Waals surface area contributed by atoms with Gasteiger partial charge in [-0.3, -0.25) is 5.10 Å². The summed E-state index contributed by atoms with van der Waals surface area (Å²) in [5.41, 5.74) is 0. The molecule has 7 heteroatoms. The molecule has 1 aliphatic heterocycles. The minimum atomic E-state index is 0. The SMILES string of the molecule is Cl.c1cnc(-c2n[nH]c(C3CCNCC3)n2)nc1. The Bertz CT molecular complexity index is 479. The van der Waals surface area contributed by atoms with Gasteiger partial charge in [-0.15, -0.1) is 17.5 Å². The summed E-state index contributed by atoms with van der Waals surface area (Å²) in [7, 11) is 0. The number of nitrogens with one attached hydrogen (secondary N) is 2. The van der Waals surface area contributed by atoms with Crippen LogP contribution in [0.2, 0.25) is 0 Å². The monoisotopic (exact) mass is 266 g/mol. The van der Waals surface area contributed by atoms with Crippen molar-refractivity contribution in [1.29, 1.82) is 0 Å².